The Morgan fingerprint density at radius 2 is 2.24 bits per heavy atom. The quantitative estimate of drug-likeness (QED) is 0.874. The Balaban J connectivity index is 2.84. The number of rotatable bonds is 5. The first kappa shape index (κ1) is 14.2. The molecular weight excluding hydrogens is 306 g/mol. The molecular formula is C11H14BrNO3S. The molecule has 0 bridgehead atoms. The summed E-state index contributed by atoms with van der Waals surface area (Å²) >= 11 is 3.23. The molecule has 0 heterocycles. The predicted octanol–water partition coefficient (Wildman–Crippen LogP) is 2.33. The lowest BCUT2D eigenvalue weighted by atomic mass is 10.2. The maximum atomic E-state index is 11.2. The predicted molar refractivity (Wildman–Crippen MR) is 73.1 cm³/mol. The van der Waals surface area contributed by atoms with Gasteiger partial charge in [0.1, 0.15) is 0 Å². The highest BCUT2D eigenvalue weighted by Crippen LogP contribution is 2.21. The summed E-state index contributed by atoms with van der Waals surface area (Å²) in [6.07, 6.45) is 1.63. The van der Waals surface area contributed by atoms with Crippen LogP contribution in [0.5, 0.6) is 0 Å². The van der Waals surface area contributed by atoms with Gasteiger partial charge in [0.25, 0.3) is 0 Å². The fourth-order valence-corrected chi connectivity index (χ4v) is 1.90. The highest BCUT2D eigenvalue weighted by molar-refractivity contribution is 9.10. The minimum absolute atomic E-state index is 0.0275. The number of anilines is 1. The van der Waals surface area contributed by atoms with E-state index in [9.17, 15) is 9.00 Å². The van der Waals surface area contributed by atoms with Gasteiger partial charge < -0.3 is 10.4 Å². The normalized spacial score (nSPS) is 14.1. The summed E-state index contributed by atoms with van der Waals surface area (Å²) in [5.74, 6) is -0.987. The molecule has 0 saturated carbocycles. The summed E-state index contributed by atoms with van der Waals surface area (Å²) < 4.78 is 11.9. The van der Waals surface area contributed by atoms with Crippen LogP contribution in [0.1, 0.15) is 17.3 Å². The highest BCUT2D eigenvalue weighted by atomic mass is 79.9. The van der Waals surface area contributed by atoms with Crippen LogP contribution in [0.2, 0.25) is 0 Å². The van der Waals surface area contributed by atoms with E-state index in [0.29, 0.717) is 16.7 Å². The topological polar surface area (TPSA) is 66.4 Å². The smallest absolute Gasteiger partial charge is 0.337 e. The first-order chi connectivity index (χ1) is 7.91. The van der Waals surface area contributed by atoms with E-state index in [2.05, 4.69) is 21.2 Å². The molecule has 6 heteroatoms. The largest absolute Gasteiger partial charge is 0.478 e. The number of aromatic carboxylic acids is 1. The van der Waals surface area contributed by atoms with Gasteiger partial charge in [-0.2, -0.15) is 0 Å². The third-order valence-corrected chi connectivity index (χ3v) is 4.15. The van der Waals surface area contributed by atoms with Crippen molar-refractivity contribution in [1.82, 2.24) is 0 Å². The maximum absolute atomic E-state index is 11.2. The van der Waals surface area contributed by atoms with Gasteiger partial charge in [0.05, 0.1) is 5.56 Å². The number of halogens is 1. The van der Waals surface area contributed by atoms with Crippen LogP contribution in [0, 0.1) is 0 Å². The van der Waals surface area contributed by atoms with Crippen molar-refractivity contribution in [2.45, 2.75) is 12.2 Å². The molecule has 0 aliphatic rings. The standard InChI is InChI=1S/C11H14BrNO3S/c1-7(17(2)16)6-13-10-4-3-8(12)5-9(10)11(14)15/h3-5,7,13H,6H2,1-2H3,(H,14,15). The fourth-order valence-electron chi connectivity index (χ4n) is 1.22. The first-order valence-corrected chi connectivity index (χ1v) is 7.42. The number of hydrogen-bond donors (Lipinski definition) is 2. The molecule has 0 aliphatic carbocycles. The summed E-state index contributed by atoms with van der Waals surface area (Å²) in [5.41, 5.74) is 0.742. The van der Waals surface area contributed by atoms with Crippen LogP contribution in [0.3, 0.4) is 0 Å². The van der Waals surface area contributed by atoms with Crippen LogP contribution in [0.25, 0.3) is 0 Å². The molecule has 1 aromatic carbocycles. The van der Waals surface area contributed by atoms with Gasteiger partial charge in [-0.15, -0.1) is 0 Å². The van der Waals surface area contributed by atoms with E-state index < -0.39 is 16.8 Å². The number of carbonyl (C=O) groups is 1. The SMILES string of the molecule is CC(CNc1ccc(Br)cc1C(=O)O)S(C)=O. The number of benzene rings is 1. The second-order valence-electron chi connectivity index (χ2n) is 3.69. The Morgan fingerprint density at radius 1 is 1.59 bits per heavy atom. The van der Waals surface area contributed by atoms with Crippen molar-refractivity contribution >= 4 is 38.4 Å². The first-order valence-electron chi connectivity index (χ1n) is 5.00. The van der Waals surface area contributed by atoms with E-state index in [1.165, 1.54) is 6.07 Å². The van der Waals surface area contributed by atoms with Crippen LogP contribution in [-0.4, -0.2) is 33.3 Å². The van der Waals surface area contributed by atoms with Gasteiger partial charge in [-0.05, 0) is 25.1 Å². The van der Waals surface area contributed by atoms with Crippen LogP contribution in [0.4, 0.5) is 5.69 Å². The monoisotopic (exact) mass is 319 g/mol. The third kappa shape index (κ3) is 4.12. The van der Waals surface area contributed by atoms with Crippen LogP contribution in [0.15, 0.2) is 22.7 Å². The van der Waals surface area contributed by atoms with Gasteiger partial charge in [-0.3, -0.25) is 4.21 Å². The van der Waals surface area contributed by atoms with E-state index in [-0.39, 0.29) is 10.8 Å². The second kappa shape index (κ2) is 6.16. The van der Waals surface area contributed by atoms with Crippen molar-refractivity contribution in [2.75, 3.05) is 18.1 Å². The zero-order valence-corrected chi connectivity index (χ0v) is 12.0. The van der Waals surface area contributed by atoms with E-state index in [4.69, 9.17) is 5.11 Å². The number of hydrogen-bond acceptors (Lipinski definition) is 3. The average Bonchev–Trinajstić information content (AvgIpc) is 2.26. The molecule has 2 atom stereocenters. The lowest BCUT2D eigenvalue weighted by Gasteiger charge is -2.13. The summed E-state index contributed by atoms with van der Waals surface area (Å²) in [4.78, 5) is 11.0. The summed E-state index contributed by atoms with van der Waals surface area (Å²) in [5, 5.41) is 12.0. The number of carboxylic acid groups (broad SMARTS) is 1. The molecule has 4 nitrogen and oxygen atoms in total. The van der Waals surface area contributed by atoms with Crippen LogP contribution >= 0.6 is 15.9 Å². The Labute approximate surface area is 111 Å². The van der Waals surface area contributed by atoms with Crippen molar-refractivity contribution in [3.8, 4) is 0 Å². The average molecular weight is 320 g/mol. The molecule has 1 aromatic rings. The lowest BCUT2D eigenvalue weighted by Crippen LogP contribution is -2.21. The maximum Gasteiger partial charge on any atom is 0.337 e. The van der Waals surface area contributed by atoms with E-state index in [1.54, 1.807) is 18.4 Å². The Kier molecular flexibility index (Phi) is 5.14. The summed E-state index contributed by atoms with van der Waals surface area (Å²) in [6, 6.07) is 5.00. The van der Waals surface area contributed by atoms with E-state index >= 15 is 0 Å². The minimum atomic E-state index is -0.987. The van der Waals surface area contributed by atoms with Crippen LogP contribution < -0.4 is 5.32 Å². The Morgan fingerprint density at radius 3 is 2.76 bits per heavy atom. The molecule has 0 fully saturated rings. The van der Waals surface area contributed by atoms with Gasteiger partial charge in [-0.25, -0.2) is 4.79 Å². The van der Waals surface area contributed by atoms with Crippen molar-refractivity contribution in [1.29, 1.82) is 0 Å². The molecule has 2 N–H and O–H groups in total. The van der Waals surface area contributed by atoms with Gasteiger partial charge in [0, 0.05) is 39.0 Å². The van der Waals surface area contributed by atoms with Gasteiger partial charge in [0.2, 0.25) is 0 Å². The third-order valence-electron chi connectivity index (χ3n) is 2.36. The Bertz CT molecular complexity index is 450. The molecule has 0 aliphatic heterocycles. The van der Waals surface area contributed by atoms with Gasteiger partial charge in [0.15, 0.2) is 0 Å². The molecule has 0 amide bonds. The number of carboxylic acids is 1. The van der Waals surface area contributed by atoms with Crippen LogP contribution in [-0.2, 0) is 10.8 Å². The molecule has 0 saturated heterocycles. The second-order valence-corrected chi connectivity index (χ2v) is 6.40. The fraction of sp³-hybridized carbons (Fsp3) is 0.364. The molecule has 1 rings (SSSR count). The molecule has 0 radical (unpaired) electrons. The molecule has 2 unspecified atom stereocenters. The Hall–Kier alpha value is -0.880. The van der Waals surface area contributed by atoms with Crippen molar-refractivity contribution in [3.05, 3.63) is 28.2 Å². The minimum Gasteiger partial charge on any atom is -0.478 e. The summed E-state index contributed by atoms with van der Waals surface area (Å²) in [7, 11) is -0.925. The molecule has 0 aromatic heterocycles. The van der Waals surface area contributed by atoms with E-state index in [0.717, 1.165) is 0 Å². The summed E-state index contributed by atoms with van der Waals surface area (Å²) in [6.45, 7) is 2.33. The van der Waals surface area contributed by atoms with Crippen molar-refractivity contribution in [3.63, 3.8) is 0 Å². The van der Waals surface area contributed by atoms with Crippen molar-refractivity contribution in [2.24, 2.45) is 0 Å². The van der Waals surface area contributed by atoms with Crippen molar-refractivity contribution < 1.29 is 14.1 Å². The highest BCUT2D eigenvalue weighted by Gasteiger charge is 2.12. The van der Waals surface area contributed by atoms with E-state index in [1.807, 2.05) is 6.92 Å². The van der Waals surface area contributed by atoms with Gasteiger partial charge >= 0.3 is 5.97 Å². The zero-order valence-electron chi connectivity index (χ0n) is 9.57. The molecule has 17 heavy (non-hydrogen) atoms. The number of nitrogens with one attached hydrogen (secondary N) is 1. The van der Waals surface area contributed by atoms with Gasteiger partial charge in [-0.1, -0.05) is 15.9 Å². The lowest BCUT2D eigenvalue weighted by molar-refractivity contribution is 0.0698. The molecule has 94 valence electrons. The molecule has 0 spiro atoms. The zero-order chi connectivity index (χ0) is 13.0.